The number of rotatable bonds is 3. The second-order valence-electron chi connectivity index (χ2n) is 6.02. The molecule has 2 rings (SSSR count). The van der Waals surface area contributed by atoms with E-state index in [2.05, 4.69) is 13.8 Å². The van der Waals surface area contributed by atoms with Crippen LogP contribution in [0, 0.1) is 17.8 Å². The lowest BCUT2D eigenvalue weighted by molar-refractivity contribution is 0.211. The predicted octanol–water partition coefficient (Wildman–Crippen LogP) is 0.911. The first-order valence-electron chi connectivity index (χ1n) is 6.88. The maximum absolute atomic E-state index is 12.6. The van der Waals surface area contributed by atoms with Crippen LogP contribution in [0.15, 0.2) is 0 Å². The minimum atomic E-state index is -3.26. The summed E-state index contributed by atoms with van der Waals surface area (Å²) in [6, 6.07) is 0. The van der Waals surface area contributed by atoms with Crippen molar-refractivity contribution in [2.75, 3.05) is 32.7 Å². The van der Waals surface area contributed by atoms with Gasteiger partial charge in [0.15, 0.2) is 0 Å². The van der Waals surface area contributed by atoms with E-state index in [0.29, 0.717) is 50.5 Å². The average molecular weight is 312 g/mol. The normalized spacial score (nSPS) is 34.2. The molecule has 3 unspecified atom stereocenters. The molecule has 2 heterocycles. The minimum absolute atomic E-state index is 0. The first-order chi connectivity index (χ1) is 8.43. The Kier molecular flexibility index (Phi) is 6.07. The van der Waals surface area contributed by atoms with E-state index in [1.54, 1.807) is 8.61 Å². The van der Waals surface area contributed by atoms with Crippen LogP contribution < -0.4 is 5.73 Å². The lowest BCUT2D eigenvalue weighted by Gasteiger charge is -2.36. The van der Waals surface area contributed by atoms with E-state index >= 15 is 0 Å². The fourth-order valence-corrected chi connectivity index (χ4v) is 5.10. The third-order valence-corrected chi connectivity index (χ3v) is 6.00. The fourth-order valence-electron chi connectivity index (χ4n) is 3.16. The molecule has 19 heavy (non-hydrogen) atoms. The van der Waals surface area contributed by atoms with Gasteiger partial charge in [0, 0.05) is 26.2 Å². The van der Waals surface area contributed by atoms with Crippen LogP contribution in [0.1, 0.15) is 26.7 Å². The second-order valence-corrected chi connectivity index (χ2v) is 7.95. The van der Waals surface area contributed by atoms with Gasteiger partial charge in [-0.15, -0.1) is 12.4 Å². The molecule has 3 atom stereocenters. The first kappa shape index (κ1) is 17.2. The van der Waals surface area contributed by atoms with Crippen molar-refractivity contribution in [3.63, 3.8) is 0 Å². The fraction of sp³-hybridized carbons (Fsp3) is 1.00. The van der Waals surface area contributed by atoms with E-state index < -0.39 is 10.2 Å². The third-order valence-electron chi connectivity index (χ3n) is 4.07. The molecule has 0 aromatic heterocycles. The van der Waals surface area contributed by atoms with Gasteiger partial charge in [-0.2, -0.15) is 17.0 Å². The monoisotopic (exact) mass is 311 g/mol. The van der Waals surface area contributed by atoms with Crippen molar-refractivity contribution >= 4 is 22.6 Å². The highest BCUT2D eigenvalue weighted by Crippen LogP contribution is 2.27. The Balaban J connectivity index is 0.00000180. The molecule has 2 N–H and O–H groups in total. The summed E-state index contributed by atoms with van der Waals surface area (Å²) in [7, 11) is -3.26. The molecule has 0 radical (unpaired) electrons. The molecule has 2 saturated heterocycles. The van der Waals surface area contributed by atoms with Crippen molar-refractivity contribution in [2.45, 2.75) is 26.7 Å². The highest BCUT2D eigenvalue weighted by molar-refractivity contribution is 7.86. The molecule has 0 bridgehead atoms. The summed E-state index contributed by atoms with van der Waals surface area (Å²) in [5.41, 5.74) is 5.63. The summed E-state index contributed by atoms with van der Waals surface area (Å²) in [6.07, 6.45) is 2.02. The topological polar surface area (TPSA) is 66.6 Å². The molecule has 0 aromatic rings. The second kappa shape index (κ2) is 6.72. The van der Waals surface area contributed by atoms with Crippen molar-refractivity contribution < 1.29 is 8.42 Å². The minimum Gasteiger partial charge on any atom is -0.330 e. The van der Waals surface area contributed by atoms with E-state index in [-0.39, 0.29) is 12.4 Å². The molecule has 114 valence electrons. The molecule has 5 nitrogen and oxygen atoms in total. The Morgan fingerprint density at radius 2 is 1.68 bits per heavy atom. The molecular weight excluding hydrogens is 286 g/mol. The molecule has 2 aliphatic rings. The molecule has 2 aliphatic heterocycles. The largest absolute Gasteiger partial charge is 0.330 e. The number of halogens is 1. The zero-order chi connectivity index (χ0) is 13.3. The lowest BCUT2D eigenvalue weighted by atomic mass is 9.94. The standard InChI is InChI=1S/C12H25N3O2S.ClH/c1-10-5-11(2)8-15(7-10)18(16,17)14-4-3-12(6-13)9-14;/h10-12H,3-9,13H2,1-2H3;1H. The molecule has 2 fully saturated rings. The molecule has 0 spiro atoms. The van der Waals surface area contributed by atoms with Crippen molar-refractivity contribution in [3.05, 3.63) is 0 Å². The SMILES string of the molecule is CC1CC(C)CN(S(=O)(=O)N2CCC(CN)C2)C1.Cl. The van der Waals surface area contributed by atoms with Crippen LogP contribution in [-0.4, -0.2) is 49.8 Å². The molecule has 0 aliphatic carbocycles. The number of hydrogen-bond acceptors (Lipinski definition) is 3. The van der Waals surface area contributed by atoms with Gasteiger partial charge in [0.05, 0.1) is 0 Å². The zero-order valence-corrected chi connectivity index (χ0v) is 13.4. The summed E-state index contributed by atoms with van der Waals surface area (Å²) in [5.74, 6) is 1.24. The third kappa shape index (κ3) is 3.82. The van der Waals surface area contributed by atoms with Crippen molar-refractivity contribution in [1.29, 1.82) is 0 Å². The highest BCUT2D eigenvalue weighted by Gasteiger charge is 2.37. The van der Waals surface area contributed by atoms with Gasteiger partial charge in [0.1, 0.15) is 0 Å². The van der Waals surface area contributed by atoms with Gasteiger partial charge >= 0.3 is 0 Å². The number of piperidine rings is 1. The summed E-state index contributed by atoms with van der Waals surface area (Å²) in [5, 5.41) is 0. The van der Waals surface area contributed by atoms with Crippen LogP contribution in [0.2, 0.25) is 0 Å². The maximum Gasteiger partial charge on any atom is 0.282 e. The zero-order valence-electron chi connectivity index (χ0n) is 11.8. The lowest BCUT2D eigenvalue weighted by Crippen LogP contribution is -2.49. The molecule has 0 aromatic carbocycles. The van der Waals surface area contributed by atoms with E-state index in [0.717, 1.165) is 12.8 Å². The van der Waals surface area contributed by atoms with Crippen molar-refractivity contribution in [1.82, 2.24) is 8.61 Å². The van der Waals surface area contributed by atoms with Gasteiger partial charge in [-0.25, -0.2) is 0 Å². The quantitative estimate of drug-likeness (QED) is 0.842. The predicted molar refractivity (Wildman–Crippen MR) is 79.4 cm³/mol. The van der Waals surface area contributed by atoms with E-state index in [4.69, 9.17) is 5.73 Å². The number of hydrogen-bond donors (Lipinski definition) is 1. The summed E-state index contributed by atoms with van der Waals surface area (Å²) in [4.78, 5) is 0. The van der Waals surface area contributed by atoms with E-state index in [1.807, 2.05) is 0 Å². The van der Waals surface area contributed by atoms with Crippen molar-refractivity contribution in [3.8, 4) is 0 Å². The molecule has 7 heteroatoms. The first-order valence-corrected chi connectivity index (χ1v) is 8.28. The Morgan fingerprint density at radius 1 is 1.11 bits per heavy atom. The van der Waals surface area contributed by atoms with Crippen LogP contribution in [-0.2, 0) is 10.2 Å². The Labute approximate surface area is 123 Å². The molecule has 0 amide bonds. The van der Waals surface area contributed by atoms with Gasteiger partial charge in [-0.05, 0) is 37.1 Å². The van der Waals surface area contributed by atoms with Crippen LogP contribution in [0.4, 0.5) is 0 Å². The maximum atomic E-state index is 12.6. The molecular formula is C12H26ClN3O2S. The average Bonchev–Trinajstić information content (AvgIpc) is 2.76. The number of nitrogens with two attached hydrogens (primary N) is 1. The summed E-state index contributed by atoms with van der Waals surface area (Å²) < 4.78 is 28.4. The van der Waals surface area contributed by atoms with E-state index in [9.17, 15) is 8.42 Å². The highest BCUT2D eigenvalue weighted by atomic mass is 35.5. The Morgan fingerprint density at radius 3 is 2.16 bits per heavy atom. The summed E-state index contributed by atoms with van der Waals surface area (Å²) in [6.45, 7) is 7.39. The van der Waals surface area contributed by atoms with Gasteiger partial charge in [-0.3, -0.25) is 0 Å². The smallest absolute Gasteiger partial charge is 0.282 e. The van der Waals surface area contributed by atoms with Crippen LogP contribution in [0.3, 0.4) is 0 Å². The van der Waals surface area contributed by atoms with Crippen LogP contribution in [0.5, 0.6) is 0 Å². The van der Waals surface area contributed by atoms with Crippen LogP contribution in [0.25, 0.3) is 0 Å². The van der Waals surface area contributed by atoms with Gasteiger partial charge < -0.3 is 5.73 Å². The number of nitrogens with zero attached hydrogens (tertiary/aromatic N) is 2. The van der Waals surface area contributed by atoms with Gasteiger partial charge in [-0.1, -0.05) is 13.8 Å². The van der Waals surface area contributed by atoms with Gasteiger partial charge in [0.2, 0.25) is 0 Å². The van der Waals surface area contributed by atoms with Crippen LogP contribution >= 0.6 is 12.4 Å². The van der Waals surface area contributed by atoms with Crippen molar-refractivity contribution in [2.24, 2.45) is 23.5 Å². The summed E-state index contributed by atoms with van der Waals surface area (Å²) >= 11 is 0. The Bertz CT molecular complexity index is 380. The van der Waals surface area contributed by atoms with E-state index in [1.165, 1.54) is 0 Å². The Hall–Kier alpha value is 0.120. The van der Waals surface area contributed by atoms with Gasteiger partial charge in [0.25, 0.3) is 10.2 Å². The molecule has 0 saturated carbocycles.